The first kappa shape index (κ1) is 15.1. The van der Waals surface area contributed by atoms with Crippen LogP contribution >= 0.6 is 0 Å². The van der Waals surface area contributed by atoms with Gasteiger partial charge < -0.3 is 14.5 Å². The van der Waals surface area contributed by atoms with Crippen LogP contribution in [-0.2, 0) is 9.53 Å². The van der Waals surface area contributed by atoms with Crippen LogP contribution in [0.4, 0.5) is 5.69 Å². The van der Waals surface area contributed by atoms with Crippen molar-refractivity contribution in [2.75, 3.05) is 45.2 Å². The average molecular weight is 285 g/mol. The van der Waals surface area contributed by atoms with Crippen LogP contribution in [0, 0.1) is 11.3 Å². The Hall–Kier alpha value is -2.32. The molecule has 0 radical (unpaired) electrons. The fourth-order valence-electron chi connectivity index (χ4n) is 2.26. The Bertz CT molecular complexity index is 564. The van der Waals surface area contributed by atoms with E-state index in [9.17, 15) is 4.79 Å². The van der Waals surface area contributed by atoms with Crippen molar-refractivity contribution in [3.05, 3.63) is 35.4 Å². The molecule has 5 nitrogen and oxygen atoms in total. The van der Waals surface area contributed by atoms with Crippen molar-refractivity contribution >= 4 is 17.7 Å². The number of hydrogen-bond acceptors (Lipinski definition) is 5. The molecule has 0 unspecified atom stereocenters. The van der Waals surface area contributed by atoms with Gasteiger partial charge in [0.05, 0.1) is 7.11 Å². The molecule has 1 heterocycles. The van der Waals surface area contributed by atoms with Gasteiger partial charge in [0.2, 0.25) is 0 Å². The van der Waals surface area contributed by atoms with E-state index in [1.54, 1.807) is 6.08 Å². The van der Waals surface area contributed by atoms with E-state index in [1.165, 1.54) is 7.11 Å². The molecule has 1 saturated heterocycles. The van der Waals surface area contributed by atoms with E-state index in [0.717, 1.165) is 37.4 Å². The number of carbonyl (C=O) groups is 1. The van der Waals surface area contributed by atoms with Crippen molar-refractivity contribution < 1.29 is 9.53 Å². The molecular formula is C16H19N3O2. The number of ether oxygens (including phenoxy) is 1. The number of benzene rings is 1. The van der Waals surface area contributed by atoms with Crippen molar-refractivity contribution in [3.63, 3.8) is 0 Å². The minimum atomic E-state index is -0.611. The van der Waals surface area contributed by atoms with Gasteiger partial charge in [-0.25, -0.2) is 4.79 Å². The number of anilines is 1. The van der Waals surface area contributed by atoms with Crippen molar-refractivity contribution in [2.45, 2.75) is 0 Å². The summed E-state index contributed by atoms with van der Waals surface area (Å²) in [4.78, 5) is 16.0. The summed E-state index contributed by atoms with van der Waals surface area (Å²) >= 11 is 0. The lowest BCUT2D eigenvalue weighted by molar-refractivity contribution is -0.135. The molecule has 0 bridgehead atoms. The highest BCUT2D eigenvalue weighted by atomic mass is 16.5. The van der Waals surface area contributed by atoms with E-state index < -0.39 is 5.97 Å². The summed E-state index contributed by atoms with van der Waals surface area (Å²) in [5.74, 6) is -0.611. The van der Waals surface area contributed by atoms with Gasteiger partial charge in [0.1, 0.15) is 11.6 Å². The average Bonchev–Trinajstić information content (AvgIpc) is 2.53. The van der Waals surface area contributed by atoms with E-state index in [1.807, 2.05) is 30.3 Å². The largest absolute Gasteiger partial charge is 0.465 e. The third-order valence-electron chi connectivity index (χ3n) is 3.60. The van der Waals surface area contributed by atoms with Gasteiger partial charge in [-0.05, 0) is 30.8 Å². The van der Waals surface area contributed by atoms with Crippen LogP contribution < -0.4 is 4.90 Å². The highest BCUT2D eigenvalue weighted by molar-refractivity contribution is 5.97. The van der Waals surface area contributed by atoms with Crippen LogP contribution in [0.5, 0.6) is 0 Å². The Labute approximate surface area is 125 Å². The summed E-state index contributed by atoms with van der Waals surface area (Å²) in [6.45, 7) is 4.14. The molecule has 0 aromatic heterocycles. The quantitative estimate of drug-likeness (QED) is 0.479. The lowest BCUT2D eigenvalue weighted by atomic mass is 10.1. The van der Waals surface area contributed by atoms with Gasteiger partial charge in [0, 0.05) is 31.9 Å². The van der Waals surface area contributed by atoms with Crippen LogP contribution in [-0.4, -0.2) is 51.2 Å². The van der Waals surface area contributed by atoms with Crippen molar-refractivity contribution in [1.29, 1.82) is 5.26 Å². The zero-order valence-electron chi connectivity index (χ0n) is 12.4. The fraction of sp³-hybridized carbons (Fsp3) is 0.375. The normalized spacial score (nSPS) is 16.4. The molecule has 0 spiro atoms. The Kier molecular flexibility index (Phi) is 4.96. The van der Waals surface area contributed by atoms with Crippen LogP contribution in [0.15, 0.2) is 29.8 Å². The van der Waals surface area contributed by atoms with Crippen LogP contribution in [0.2, 0.25) is 0 Å². The predicted molar refractivity (Wildman–Crippen MR) is 81.8 cm³/mol. The van der Waals surface area contributed by atoms with Gasteiger partial charge >= 0.3 is 5.97 Å². The third kappa shape index (κ3) is 3.83. The van der Waals surface area contributed by atoms with Gasteiger partial charge in [-0.2, -0.15) is 5.26 Å². The van der Waals surface area contributed by atoms with Gasteiger partial charge in [-0.15, -0.1) is 0 Å². The molecule has 1 aliphatic rings. The molecule has 21 heavy (non-hydrogen) atoms. The SMILES string of the molecule is COC(=O)/C(C#N)=C\c1ccc(N2CCN(C)CC2)cc1. The van der Waals surface area contributed by atoms with Crippen molar-refractivity contribution in [3.8, 4) is 6.07 Å². The minimum Gasteiger partial charge on any atom is -0.465 e. The highest BCUT2D eigenvalue weighted by Gasteiger charge is 2.14. The molecule has 1 aliphatic heterocycles. The monoisotopic (exact) mass is 285 g/mol. The lowest BCUT2D eigenvalue weighted by Crippen LogP contribution is -2.44. The summed E-state index contributed by atoms with van der Waals surface area (Å²) in [6, 6.07) is 9.71. The molecule has 0 N–H and O–H groups in total. The maximum atomic E-state index is 11.4. The zero-order chi connectivity index (χ0) is 15.2. The molecule has 1 aromatic carbocycles. The summed E-state index contributed by atoms with van der Waals surface area (Å²) < 4.78 is 4.56. The second kappa shape index (κ2) is 6.91. The molecule has 110 valence electrons. The van der Waals surface area contributed by atoms with Crippen molar-refractivity contribution in [1.82, 2.24) is 4.90 Å². The molecule has 5 heteroatoms. The van der Waals surface area contributed by atoms with E-state index in [4.69, 9.17) is 5.26 Å². The molecule has 0 atom stereocenters. The number of methoxy groups -OCH3 is 1. The maximum Gasteiger partial charge on any atom is 0.348 e. The maximum absolute atomic E-state index is 11.4. The second-order valence-corrected chi connectivity index (χ2v) is 5.04. The first-order valence-electron chi connectivity index (χ1n) is 6.87. The zero-order valence-corrected chi connectivity index (χ0v) is 12.4. The lowest BCUT2D eigenvalue weighted by Gasteiger charge is -2.34. The number of rotatable bonds is 3. The first-order valence-corrected chi connectivity index (χ1v) is 6.87. The van der Waals surface area contributed by atoms with E-state index in [-0.39, 0.29) is 5.57 Å². The molecular weight excluding hydrogens is 266 g/mol. The Balaban J connectivity index is 2.10. The van der Waals surface area contributed by atoms with Gasteiger partial charge in [0.15, 0.2) is 0 Å². The molecule has 0 amide bonds. The number of piperazine rings is 1. The van der Waals surface area contributed by atoms with Crippen LogP contribution in [0.1, 0.15) is 5.56 Å². The number of esters is 1. The van der Waals surface area contributed by atoms with Gasteiger partial charge in [-0.3, -0.25) is 0 Å². The van der Waals surface area contributed by atoms with E-state index >= 15 is 0 Å². The summed E-state index contributed by atoms with van der Waals surface area (Å²) in [5, 5.41) is 8.94. The summed E-state index contributed by atoms with van der Waals surface area (Å²) in [5.41, 5.74) is 1.98. The Morgan fingerprint density at radius 3 is 2.38 bits per heavy atom. The van der Waals surface area contributed by atoms with E-state index in [0.29, 0.717) is 0 Å². The van der Waals surface area contributed by atoms with Crippen molar-refractivity contribution in [2.24, 2.45) is 0 Å². The highest BCUT2D eigenvalue weighted by Crippen LogP contribution is 2.18. The first-order chi connectivity index (χ1) is 10.1. The standard InChI is InChI=1S/C16H19N3O2/c1-18-7-9-19(10-8-18)15-5-3-13(4-6-15)11-14(12-17)16(20)21-2/h3-6,11H,7-10H2,1-2H3/b14-11-. The molecule has 2 rings (SSSR count). The number of nitriles is 1. The summed E-state index contributed by atoms with van der Waals surface area (Å²) in [6.07, 6.45) is 1.54. The number of carbonyl (C=O) groups excluding carboxylic acids is 1. The molecule has 0 saturated carbocycles. The smallest absolute Gasteiger partial charge is 0.348 e. The minimum absolute atomic E-state index is 0.00449. The summed E-state index contributed by atoms with van der Waals surface area (Å²) in [7, 11) is 3.39. The number of nitrogens with zero attached hydrogens (tertiary/aromatic N) is 3. The topological polar surface area (TPSA) is 56.6 Å². The Morgan fingerprint density at radius 1 is 1.24 bits per heavy atom. The molecule has 1 fully saturated rings. The van der Waals surface area contributed by atoms with Gasteiger partial charge in [0.25, 0.3) is 0 Å². The van der Waals surface area contributed by atoms with E-state index in [2.05, 4.69) is 21.6 Å². The third-order valence-corrected chi connectivity index (χ3v) is 3.60. The molecule has 0 aliphatic carbocycles. The predicted octanol–water partition coefficient (Wildman–Crippen LogP) is 1.52. The van der Waals surface area contributed by atoms with Crippen LogP contribution in [0.25, 0.3) is 6.08 Å². The number of likely N-dealkylation sites (N-methyl/N-ethyl adjacent to an activating group) is 1. The molecule has 1 aromatic rings. The second-order valence-electron chi connectivity index (χ2n) is 5.04. The van der Waals surface area contributed by atoms with Crippen LogP contribution in [0.3, 0.4) is 0 Å². The fourth-order valence-corrected chi connectivity index (χ4v) is 2.26. The van der Waals surface area contributed by atoms with Gasteiger partial charge in [-0.1, -0.05) is 12.1 Å². The Morgan fingerprint density at radius 2 is 1.86 bits per heavy atom. The number of hydrogen-bond donors (Lipinski definition) is 0.